The molecule has 2 amide bonds. The second-order valence-electron chi connectivity index (χ2n) is 5.59. The largest absolute Gasteiger partial charge is 0.378 e. The van der Waals surface area contributed by atoms with E-state index in [0.717, 1.165) is 39.1 Å². The average molecular weight is 253 g/mol. The zero-order valence-electron chi connectivity index (χ0n) is 11.1. The third-order valence-electron chi connectivity index (χ3n) is 4.66. The smallest absolute Gasteiger partial charge is 0.320 e. The number of morpholine rings is 1. The van der Waals surface area contributed by atoms with Gasteiger partial charge in [-0.25, -0.2) is 4.79 Å². The summed E-state index contributed by atoms with van der Waals surface area (Å²) in [6.45, 7) is 8.16. The van der Waals surface area contributed by atoms with Crippen LogP contribution in [-0.4, -0.2) is 67.8 Å². The molecule has 0 aromatic carbocycles. The Kier molecular flexibility index (Phi) is 3.43. The van der Waals surface area contributed by atoms with Gasteiger partial charge in [0.05, 0.1) is 13.2 Å². The minimum Gasteiger partial charge on any atom is -0.378 e. The van der Waals surface area contributed by atoms with Crippen LogP contribution in [0.5, 0.6) is 0 Å². The van der Waals surface area contributed by atoms with Crippen LogP contribution in [0.25, 0.3) is 0 Å². The van der Waals surface area contributed by atoms with Gasteiger partial charge in [0.2, 0.25) is 0 Å². The minimum atomic E-state index is 0.236. The monoisotopic (exact) mass is 253 g/mol. The highest BCUT2D eigenvalue weighted by Gasteiger charge is 2.46. The van der Waals surface area contributed by atoms with Gasteiger partial charge in [-0.2, -0.15) is 0 Å². The lowest BCUT2D eigenvalue weighted by Gasteiger charge is -2.34. The van der Waals surface area contributed by atoms with Gasteiger partial charge in [-0.15, -0.1) is 0 Å². The van der Waals surface area contributed by atoms with Crippen LogP contribution in [0.4, 0.5) is 4.79 Å². The Balaban J connectivity index is 1.69. The van der Waals surface area contributed by atoms with Gasteiger partial charge in [0, 0.05) is 38.8 Å². The van der Waals surface area contributed by atoms with E-state index in [2.05, 4.69) is 17.1 Å². The van der Waals surface area contributed by atoms with Crippen molar-refractivity contribution in [2.24, 2.45) is 11.8 Å². The molecule has 3 atom stereocenters. The maximum absolute atomic E-state index is 12.6. The van der Waals surface area contributed by atoms with Gasteiger partial charge in [-0.05, 0) is 18.3 Å². The number of ether oxygens (including phenoxy) is 1. The zero-order valence-corrected chi connectivity index (χ0v) is 11.1. The van der Waals surface area contributed by atoms with Crippen molar-refractivity contribution in [1.82, 2.24) is 15.1 Å². The third-order valence-corrected chi connectivity index (χ3v) is 4.66. The van der Waals surface area contributed by atoms with Crippen molar-refractivity contribution >= 4 is 6.03 Å². The first-order valence-corrected chi connectivity index (χ1v) is 7.15. The Morgan fingerprint density at radius 1 is 1.33 bits per heavy atom. The summed E-state index contributed by atoms with van der Waals surface area (Å²) in [6, 6.07) is 0.667. The van der Waals surface area contributed by atoms with E-state index in [0.29, 0.717) is 31.1 Å². The molecule has 3 aliphatic rings. The van der Waals surface area contributed by atoms with Crippen molar-refractivity contribution in [3.05, 3.63) is 0 Å². The highest BCUT2D eigenvalue weighted by atomic mass is 16.5. The summed E-state index contributed by atoms with van der Waals surface area (Å²) in [5.74, 6) is 1.33. The van der Waals surface area contributed by atoms with E-state index in [1.165, 1.54) is 0 Å². The average Bonchev–Trinajstić information content (AvgIpc) is 2.98. The summed E-state index contributed by atoms with van der Waals surface area (Å²) in [7, 11) is 0. The molecular weight excluding hydrogens is 230 g/mol. The van der Waals surface area contributed by atoms with E-state index in [4.69, 9.17) is 4.74 Å². The van der Waals surface area contributed by atoms with E-state index in [1.807, 2.05) is 4.90 Å². The van der Waals surface area contributed by atoms with E-state index in [-0.39, 0.29) is 6.03 Å². The summed E-state index contributed by atoms with van der Waals surface area (Å²) in [5, 5.41) is 3.46. The van der Waals surface area contributed by atoms with Crippen LogP contribution in [0.2, 0.25) is 0 Å². The number of carbonyl (C=O) groups excluding carboxylic acids is 1. The Bertz CT molecular complexity index is 317. The molecule has 3 saturated heterocycles. The van der Waals surface area contributed by atoms with Crippen molar-refractivity contribution in [3.63, 3.8) is 0 Å². The molecule has 18 heavy (non-hydrogen) atoms. The molecule has 0 radical (unpaired) electrons. The molecule has 1 N–H and O–H groups in total. The molecule has 0 aromatic rings. The van der Waals surface area contributed by atoms with Gasteiger partial charge in [0.25, 0.3) is 0 Å². The van der Waals surface area contributed by atoms with Gasteiger partial charge in [0.1, 0.15) is 0 Å². The quantitative estimate of drug-likeness (QED) is 0.734. The van der Waals surface area contributed by atoms with Crippen LogP contribution in [-0.2, 0) is 4.74 Å². The van der Waals surface area contributed by atoms with Crippen molar-refractivity contribution in [2.75, 3.05) is 45.9 Å². The van der Waals surface area contributed by atoms with E-state index >= 15 is 0 Å². The molecule has 3 unspecified atom stereocenters. The Labute approximate surface area is 108 Å². The fraction of sp³-hybridized carbons (Fsp3) is 0.923. The van der Waals surface area contributed by atoms with Crippen LogP contribution >= 0.6 is 0 Å². The fourth-order valence-electron chi connectivity index (χ4n) is 3.70. The maximum Gasteiger partial charge on any atom is 0.320 e. The predicted molar refractivity (Wildman–Crippen MR) is 68.4 cm³/mol. The van der Waals surface area contributed by atoms with Crippen molar-refractivity contribution in [2.45, 2.75) is 19.4 Å². The molecular formula is C13H23N3O2. The normalized spacial score (nSPS) is 35.9. The zero-order chi connectivity index (χ0) is 12.5. The van der Waals surface area contributed by atoms with Gasteiger partial charge < -0.3 is 19.9 Å². The highest BCUT2D eigenvalue weighted by Crippen LogP contribution is 2.34. The Morgan fingerprint density at radius 2 is 2.11 bits per heavy atom. The van der Waals surface area contributed by atoms with E-state index < -0.39 is 0 Å². The summed E-state index contributed by atoms with van der Waals surface area (Å²) in [6.07, 6.45) is 1.07. The second kappa shape index (κ2) is 5.05. The molecule has 102 valence electrons. The Hall–Kier alpha value is -0.810. The summed E-state index contributed by atoms with van der Waals surface area (Å²) in [4.78, 5) is 16.7. The lowest BCUT2D eigenvalue weighted by molar-refractivity contribution is 0.0410. The van der Waals surface area contributed by atoms with Crippen molar-refractivity contribution in [1.29, 1.82) is 0 Å². The number of nitrogens with one attached hydrogen (secondary N) is 1. The maximum atomic E-state index is 12.6. The topological polar surface area (TPSA) is 44.8 Å². The highest BCUT2D eigenvalue weighted by molar-refractivity contribution is 5.75. The first-order chi connectivity index (χ1) is 8.81. The summed E-state index contributed by atoms with van der Waals surface area (Å²) >= 11 is 0. The second-order valence-corrected chi connectivity index (χ2v) is 5.59. The van der Waals surface area contributed by atoms with Crippen LogP contribution in [0, 0.1) is 11.8 Å². The molecule has 5 heteroatoms. The molecule has 3 fully saturated rings. The molecule has 3 heterocycles. The number of likely N-dealkylation sites (tertiary alicyclic amines) is 1. The molecule has 0 spiro atoms. The number of fused-ring (bicyclic) bond motifs is 1. The Morgan fingerprint density at radius 3 is 2.83 bits per heavy atom. The molecule has 3 aliphatic heterocycles. The van der Waals surface area contributed by atoms with E-state index in [9.17, 15) is 4.79 Å². The molecule has 0 bridgehead atoms. The fourth-order valence-corrected chi connectivity index (χ4v) is 3.70. The first-order valence-electron chi connectivity index (χ1n) is 7.15. The third kappa shape index (κ3) is 1.99. The SMILES string of the molecule is CCC1C2CNCC2CN1C(=O)N1CCOCC1. The number of urea groups is 1. The van der Waals surface area contributed by atoms with Gasteiger partial charge in [-0.3, -0.25) is 0 Å². The number of nitrogens with zero attached hydrogens (tertiary/aromatic N) is 2. The molecule has 0 aromatic heterocycles. The number of hydrogen-bond acceptors (Lipinski definition) is 3. The van der Waals surface area contributed by atoms with Crippen LogP contribution < -0.4 is 5.32 Å². The lowest BCUT2D eigenvalue weighted by Crippen LogP contribution is -2.50. The molecule has 5 nitrogen and oxygen atoms in total. The number of carbonyl (C=O) groups is 1. The summed E-state index contributed by atoms with van der Waals surface area (Å²) < 4.78 is 5.32. The van der Waals surface area contributed by atoms with Crippen molar-refractivity contribution in [3.8, 4) is 0 Å². The van der Waals surface area contributed by atoms with Crippen LogP contribution in [0.1, 0.15) is 13.3 Å². The van der Waals surface area contributed by atoms with E-state index in [1.54, 1.807) is 0 Å². The molecule has 3 rings (SSSR count). The lowest BCUT2D eigenvalue weighted by atomic mass is 9.93. The molecule has 0 aliphatic carbocycles. The number of amides is 2. The van der Waals surface area contributed by atoms with Gasteiger partial charge >= 0.3 is 6.03 Å². The van der Waals surface area contributed by atoms with Crippen LogP contribution in [0.3, 0.4) is 0 Å². The molecule has 0 saturated carbocycles. The van der Waals surface area contributed by atoms with Crippen molar-refractivity contribution < 1.29 is 9.53 Å². The first kappa shape index (κ1) is 12.2. The van der Waals surface area contributed by atoms with Crippen LogP contribution in [0.15, 0.2) is 0 Å². The standard InChI is InChI=1S/C13H23N3O2/c1-2-12-11-8-14-7-10(11)9-16(12)13(17)15-3-5-18-6-4-15/h10-12,14H,2-9H2,1H3. The number of hydrogen-bond donors (Lipinski definition) is 1. The van der Waals surface area contributed by atoms with Gasteiger partial charge in [0.15, 0.2) is 0 Å². The number of rotatable bonds is 1. The summed E-state index contributed by atoms with van der Waals surface area (Å²) in [5.41, 5.74) is 0. The minimum absolute atomic E-state index is 0.236. The van der Waals surface area contributed by atoms with Gasteiger partial charge in [-0.1, -0.05) is 6.92 Å². The predicted octanol–water partition coefficient (Wildman–Crippen LogP) is 0.368.